The molecule has 0 aliphatic carbocycles. The van der Waals surface area contributed by atoms with Crippen molar-refractivity contribution in [1.29, 1.82) is 0 Å². The van der Waals surface area contributed by atoms with Crippen LogP contribution in [0.25, 0.3) is 0 Å². The van der Waals surface area contributed by atoms with Gasteiger partial charge in [-0.2, -0.15) is 0 Å². The molecule has 1 fully saturated rings. The fourth-order valence-corrected chi connectivity index (χ4v) is 2.93. The number of nitrogens with zero attached hydrogens (tertiary/aromatic N) is 2. The predicted molar refractivity (Wildman–Crippen MR) is 97.0 cm³/mol. The van der Waals surface area contributed by atoms with Crippen molar-refractivity contribution in [3.05, 3.63) is 59.9 Å². The van der Waals surface area contributed by atoms with Crippen molar-refractivity contribution in [2.75, 3.05) is 32.9 Å². The molecule has 0 spiro atoms. The third kappa shape index (κ3) is 5.03. The van der Waals surface area contributed by atoms with E-state index in [1.54, 1.807) is 17.3 Å². The van der Waals surface area contributed by atoms with Crippen LogP contribution in [0, 0.1) is 6.92 Å². The molecule has 6 nitrogen and oxygen atoms in total. The first-order chi connectivity index (χ1) is 12.5. The second kappa shape index (κ2) is 8.29. The van der Waals surface area contributed by atoms with Crippen molar-refractivity contribution in [3.63, 3.8) is 0 Å². The molecule has 6 heteroatoms. The molecule has 1 saturated heterocycles. The SMILES string of the molecule is Cc1cccc(OC[C@]2(O)COCCN(C(=O)Cc3ccncc3)C2)c1. The summed E-state index contributed by atoms with van der Waals surface area (Å²) < 4.78 is 11.3. The molecule has 1 aromatic carbocycles. The Balaban J connectivity index is 1.63. The van der Waals surface area contributed by atoms with Crippen LogP contribution < -0.4 is 4.74 Å². The lowest BCUT2D eigenvalue weighted by atomic mass is 10.1. The molecule has 1 amide bonds. The minimum atomic E-state index is -1.24. The van der Waals surface area contributed by atoms with Crippen LogP contribution >= 0.6 is 0 Å². The Hall–Kier alpha value is -2.44. The number of amides is 1. The summed E-state index contributed by atoms with van der Waals surface area (Å²) in [6.45, 7) is 3.22. The van der Waals surface area contributed by atoms with Gasteiger partial charge in [0, 0.05) is 18.9 Å². The number of ether oxygens (including phenoxy) is 2. The number of benzene rings is 1. The van der Waals surface area contributed by atoms with Crippen LogP contribution in [0.4, 0.5) is 0 Å². The number of aromatic nitrogens is 1. The summed E-state index contributed by atoms with van der Waals surface area (Å²) >= 11 is 0. The number of carbonyl (C=O) groups is 1. The zero-order valence-corrected chi connectivity index (χ0v) is 14.9. The molecule has 2 heterocycles. The van der Waals surface area contributed by atoms with Gasteiger partial charge in [0.25, 0.3) is 0 Å². The van der Waals surface area contributed by atoms with Gasteiger partial charge in [-0.05, 0) is 42.3 Å². The van der Waals surface area contributed by atoms with Crippen LogP contribution in [-0.2, 0) is 16.0 Å². The first-order valence-corrected chi connectivity index (χ1v) is 8.70. The molecule has 1 aromatic heterocycles. The van der Waals surface area contributed by atoms with E-state index in [1.807, 2.05) is 43.3 Å². The van der Waals surface area contributed by atoms with Crippen molar-refractivity contribution < 1.29 is 19.4 Å². The van der Waals surface area contributed by atoms with Crippen LogP contribution in [0.15, 0.2) is 48.8 Å². The van der Waals surface area contributed by atoms with E-state index < -0.39 is 5.60 Å². The zero-order chi connectivity index (χ0) is 18.4. The van der Waals surface area contributed by atoms with E-state index in [2.05, 4.69) is 4.98 Å². The van der Waals surface area contributed by atoms with E-state index in [-0.39, 0.29) is 32.1 Å². The Labute approximate surface area is 153 Å². The fourth-order valence-electron chi connectivity index (χ4n) is 2.93. The molecule has 1 aliphatic rings. The molecule has 1 N–H and O–H groups in total. The van der Waals surface area contributed by atoms with Gasteiger partial charge in [-0.25, -0.2) is 0 Å². The van der Waals surface area contributed by atoms with Crippen LogP contribution in [-0.4, -0.2) is 59.4 Å². The van der Waals surface area contributed by atoms with Gasteiger partial charge in [0.1, 0.15) is 18.0 Å². The van der Waals surface area contributed by atoms with Crippen LogP contribution in [0.5, 0.6) is 5.75 Å². The van der Waals surface area contributed by atoms with Crippen LogP contribution in [0.3, 0.4) is 0 Å². The fraction of sp³-hybridized carbons (Fsp3) is 0.400. The molecule has 0 bridgehead atoms. The average Bonchev–Trinajstić information content (AvgIpc) is 2.83. The molecule has 2 aromatic rings. The summed E-state index contributed by atoms with van der Waals surface area (Å²) in [6, 6.07) is 11.3. The van der Waals surface area contributed by atoms with E-state index in [9.17, 15) is 9.90 Å². The summed E-state index contributed by atoms with van der Waals surface area (Å²) in [4.78, 5) is 18.2. The molecule has 1 aliphatic heterocycles. The summed E-state index contributed by atoms with van der Waals surface area (Å²) in [5.41, 5.74) is 0.740. The van der Waals surface area contributed by atoms with E-state index in [0.717, 1.165) is 11.1 Å². The van der Waals surface area contributed by atoms with E-state index in [0.29, 0.717) is 18.9 Å². The average molecular weight is 356 g/mol. The Kier molecular flexibility index (Phi) is 5.85. The second-order valence-corrected chi connectivity index (χ2v) is 6.73. The first-order valence-electron chi connectivity index (χ1n) is 8.70. The smallest absolute Gasteiger partial charge is 0.227 e. The van der Waals surface area contributed by atoms with Gasteiger partial charge >= 0.3 is 0 Å². The third-order valence-corrected chi connectivity index (χ3v) is 4.32. The molecule has 0 unspecified atom stereocenters. The quantitative estimate of drug-likeness (QED) is 0.881. The highest BCUT2D eigenvalue weighted by Crippen LogP contribution is 2.18. The molecule has 3 rings (SSSR count). The number of hydrogen-bond acceptors (Lipinski definition) is 5. The molecule has 1 atom stereocenters. The van der Waals surface area contributed by atoms with E-state index >= 15 is 0 Å². The lowest BCUT2D eigenvalue weighted by Gasteiger charge is -2.30. The number of carbonyl (C=O) groups excluding carboxylic acids is 1. The maximum atomic E-state index is 12.6. The Morgan fingerprint density at radius 2 is 2.15 bits per heavy atom. The minimum absolute atomic E-state index is 0.0457. The molecule has 138 valence electrons. The molecular formula is C20H24N2O4. The molecule has 0 radical (unpaired) electrons. The van der Waals surface area contributed by atoms with Crippen molar-refractivity contribution in [2.45, 2.75) is 18.9 Å². The van der Waals surface area contributed by atoms with Gasteiger partial charge in [0.05, 0.1) is 26.2 Å². The Morgan fingerprint density at radius 1 is 1.35 bits per heavy atom. The zero-order valence-electron chi connectivity index (χ0n) is 14.9. The molecule has 26 heavy (non-hydrogen) atoms. The lowest BCUT2D eigenvalue weighted by Crippen LogP contribution is -2.50. The van der Waals surface area contributed by atoms with Crippen molar-refractivity contribution in [3.8, 4) is 5.75 Å². The van der Waals surface area contributed by atoms with Gasteiger partial charge in [-0.3, -0.25) is 9.78 Å². The van der Waals surface area contributed by atoms with E-state index in [4.69, 9.17) is 9.47 Å². The van der Waals surface area contributed by atoms with Crippen molar-refractivity contribution in [2.24, 2.45) is 0 Å². The third-order valence-electron chi connectivity index (χ3n) is 4.32. The molecular weight excluding hydrogens is 332 g/mol. The molecule has 0 saturated carbocycles. The maximum Gasteiger partial charge on any atom is 0.227 e. The number of aliphatic hydroxyl groups is 1. The van der Waals surface area contributed by atoms with Gasteiger partial charge in [0.15, 0.2) is 0 Å². The monoisotopic (exact) mass is 356 g/mol. The van der Waals surface area contributed by atoms with Gasteiger partial charge in [-0.1, -0.05) is 12.1 Å². The predicted octanol–water partition coefficient (Wildman–Crippen LogP) is 1.60. The number of aryl methyl sites for hydroxylation is 1. The van der Waals surface area contributed by atoms with Crippen molar-refractivity contribution in [1.82, 2.24) is 9.88 Å². The largest absolute Gasteiger partial charge is 0.490 e. The van der Waals surface area contributed by atoms with Gasteiger partial charge in [-0.15, -0.1) is 0 Å². The number of pyridine rings is 1. The lowest BCUT2D eigenvalue weighted by molar-refractivity contribution is -0.134. The number of β-amino-alcohol motifs (C(OH)–C–C–N with tert-alkyl or cyclic N) is 1. The summed E-state index contributed by atoms with van der Waals surface area (Å²) in [5, 5.41) is 10.9. The Morgan fingerprint density at radius 3 is 2.92 bits per heavy atom. The Bertz CT molecular complexity index is 738. The highest BCUT2D eigenvalue weighted by molar-refractivity contribution is 5.78. The normalized spacial score (nSPS) is 20.5. The topological polar surface area (TPSA) is 71.9 Å². The summed E-state index contributed by atoms with van der Waals surface area (Å²) in [7, 11) is 0. The van der Waals surface area contributed by atoms with Gasteiger partial charge < -0.3 is 19.5 Å². The van der Waals surface area contributed by atoms with E-state index in [1.165, 1.54) is 0 Å². The van der Waals surface area contributed by atoms with Crippen molar-refractivity contribution >= 4 is 5.91 Å². The standard InChI is InChI=1S/C20H24N2O4/c1-16-3-2-4-18(11-16)26-15-20(24)13-22(9-10-25-14-20)19(23)12-17-5-7-21-8-6-17/h2-8,11,24H,9-10,12-15H2,1H3/t20-/m1/s1. The van der Waals surface area contributed by atoms with Crippen LogP contribution in [0.2, 0.25) is 0 Å². The number of rotatable bonds is 5. The highest BCUT2D eigenvalue weighted by Gasteiger charge is 2.35. The first kappa shape index (κ1) is 18.4. The minimum Gasteiger partial charge on any atom is -0.490 e. The highest BCUT2D eigenvalue weighted by atomic mass is 16.5. The summed E-state index contributed by atoms with van der Waals surface area (Å²) in [6.07, 6.45) is 3.61. The second-order valence-electron chi connectivity index (χ2n) is 6.73. The number of hydrogen-bond donors (Lipinski definition) is 1. The van der Waals surface area contributed by atoms with Crippen LogP contribution in [0.1, 0.15) is 11.1 Å². The summed E-state index contributed by atoms with van der Waals surface area (Å²) in [5.74, 6) is 0.646. The van der Waals surface area contributed by atoms with Gasteiger partial charge in [0.2, 0.25) is 5.91 Å². The maximum absolute atomic E-state index is 12.6.